The summed E-state index contributed by atoms with van der Waals surface area (Å²) < 4.78 is 5.28. The fraction of sp³-hybridized carbons (Fsp3) is 0.111. The topological polar surface area (TPSA) is 59.3 Å². The Balaban J connectivity index is 1.84. The van der Waals surface area contributed by atoms with E-state index >= 15 is 0 Å². The Bertz CT molecular complexity index is 929. The molecule has 116 valence electrons. The van der Waals surface area contributed by atoms with E-state index in [9.17, 15) is 9.59 Å². The molecule has 0 unspecified atom stereocenters. The maximum absolute atomic E-state index is 12.2. The summed E-state index contributed by atoms with van der Waals surface area (Å²) in [4.78, 5) is 24.3. The van der Waals surface area contributed by atoms with Gasteiger partial charge in [-0.05, 0) is 36.2 Å². The molecule has 1 amide bonds. The van der Waals surface area contributed by atoms with Crippen LogP contribution in [-0.2, 0) is 6.54 Å². The molecule has 23 heavy (non-hydrogen) atoms. The lowest BCUT2D eigenvalue weighted by Crippen LogP contribution is -2.27. The van der Waals surface area contributed by atoms with Crippen LogP contribution in [0.4, 0.5) is 0 Å². The van der Waals surface area contributed by atoms with Crippen LogP contribution in [0.3, 0.4) is 0 Å². The Morgan fingerprint density at radius 2 is 1.91 bits per heavy atom. The zero-order valence-corrected chi connectivity index (χ0v) is 13.2. The van der Waals surface area contributed by atoms with Crippen LogP contribution >= 0.6 is 11.6 Å². The smallest absolute Gasteiger partial charge is 0.349 e. The summed E-state index contributed by atoms with van der Waals surface area (Å²) in [5, 5.41) is 4.07. The fourth-order valence-corrected chi connectivity index (χ4v) is 2.45. The minimum atomic E-state index is -0.639. The third-order valence-corrected chi connectivity index (χ3v) is 3.82. The van der Waals surface area contributed by atoms with Gasteiger partial charge >= 0.3 is 5.63 Å². The lowest BCUT2D eigenvalue weighted by Gasteiger charge is -2.06. The molecule has 1 aromatic heterocycles. The molecule has 3 aromatic rings. The second-order valence-corrected chi connectivity index (χ2v) is 5.69. The third-order valence-electron chi connectivity index (χ3n) is 3.57. The Labute approximate surface area is 137 Å². The molecule has 0 spiro atoms. The SMILES string of the molecule is Cc1cccc2cc(C(=O)NCc3ccc(Cl)cc3)c(=O)oc12. The van der Waals surface area contributed by atoms with E-state index < -0.39 is 11.5 Å². The first-order valence-corrected chi connectivity index (χ1v) is 7.48. The van der Waals surface area contributed by atoms with Gasteiger partial charge in [-0.25, -0.2) is 4.79 Å². The summed E-state index contributed by atoms with van der Waals surface area (Å²) >= 11 is 5.82. The second-order valence-electron chi connectivity index (χ2n) is 5.25. The average Bonchev–Trinajstić information content (AvgIpc) is 2.54. The molecule has 0 aliphatic rings. The summed E-state index contributed by atoms with van der Waals surface area (Å²) in [7, 11) is 0. The number of fused-ring (bicyclic) bond motifs is 1. The molecule has 0 aliphatic heterocycles. The minimum Gasteiger partial charge on any atom is -0.422 e. The van der Waals surface area contributed by atoms with Gasteiger partial charge in [-0.1, -0.05) is 41.9 Å². The summed E-state index contributed by atoms with van der Waals surface area (Å²) in [6.07, 6.45) is 0. The number of rotatable bonds is 3. The Morgan fingerprint density at radius 3 is 2.65 bits per heavy atom. The molecule has 1 heterocycles. The number of carbonyl (C=O) groups excluding carboxylic acids is 1. The highest BCUT2D eigenvalue weighted by molar-refractivity contribution is 6.30. The molecule has 0 bridgehead atoms. The van der Waals surface area contributed by atoms with Crippen LogP contribution in [0.2, 0.25) is 5.02 Å². The van der Waals surface area contributed by atoms with Gasteiger partial charge in [-0.3, -0.25) is 4.79 Å². The van der Waals surface area contributed by atoms with Gasteiger partial charge in [0.2, 0.25) is 0 Å². The number of benzene rings is 2. The van der Waals surface area contributed by atoms with E-state index in [1.807, 2.05) is 31.2 Å². The molecule has 3 rings (SSSR count). The minimum absolute atomic E-state index is 0.00272. The molecule has 5 heteroatoms. The average molecular weight is 328 g/mol. The zero-order valence-electron chi connectivity index (χ0n) is 12.4. The second kappa shape index (κ2) is 6.26. The van der Waals surface area contributed by atoms with E-state index in [0.29, 0.717) is 17.2 Å². The molecule has 0 saturated carbocycles. The predicted molar refractivity (Wildman–Crippen MR) is 89.8 cm³/mol. The van der Waals surface area contributed by atoms with Crippen molar-refractivity contribution in [3.8, 4) is 0 Å². The van der Waals surface area contributed by atoms with Gasteiger partial charge in [0.1, 0.15) is 11.1 Å². The zero-order chi connectivity index (χ0) is 16.4. The van der Waals surface area contributed by atoms with E-state index in [1.54, 1.807) is 24.3 Å². The van der Waals surface area contributed by atoms with Crippen LogP contribution in [0.5, 0.6) is 0 Å². The van der Waals surface area contributed by atoms with Gasteiger partial charge in [0, 0.05) is 17.0 Å². The lowest BCUT2D eigenvalue weighted by atomic mass is 10.1. The normalized spacial score (nSPS) is 10.7. The number of halogens is 1. The molecular weight excluding hydrogens is 314 g/mol. The molecule has 4 nitrogen and oxygen atoms in total. The molecule has 0 radical (unpaired) electrons. The van der Waals surface area contributed by atoms with Gasteiger partial charge in [-0.2, -0.15) is 0 Å². The summed E-state index contributed by atoms with van der Waals surface area (Å²) in [5.74, 6) is -0.461. The molecule has 1 N–H and O–H groups in total. The molecule has 0 atom stereocenters. The van der Waals surface area contributed by atoms with E-state index in [2.05, 4.69) is 5.32 Å². The highest BCUT2D eigenvalue weighted by Crippen LogP contribution is 2.17. The molecular formula is C18H14ClNO3. The summed E-state index contributed by atoms with van der Waals surface area (Å²) in [6, 6.07) is 14.2. The number of amides is 1. The molecule has 2 aromatic carbocycles. The Hall–Kier alpha value is -2.59. The van der Waals surface area contributed by atoms with Crippen molar-refractivity contribution in [3.05, 3.63) is 80.7 Å². The van der Waals surface area contributed by atoms with Gasteiger partial charge in [0.05, 0.1) is 0 Å². The highest BCUT2D eigenvalue weighted by atomic mass is 35.5. The van der Waals surface area contributed by atoms with Crippen molar-refractivity contribution in [3.63, 3.8) is 0 Å². The van der Waals surface area contributed by atoms with Gasteiger partial charge in [0.25, 0.3) is 5.91 Å². The van der Waals surface area contributed by atoms with Gasteiger partial charge in [-0.15, -0.1) is 0 Å². The molecule has 0 aliphatic carbocycles. The largest absolute Gasteiger partial charge is 0.422 e. The number of aryl methyl sites for hydroxylation is 1. The lowest BCUT2D eigenvalue weighted by molar-refractivity contribution is 0.0947. The predicted octanol–water partition coefficient (Wildman–Crippen LogP) is 3.68. The van der Waals surface area contributed by atoms with E-state index in [1.165, 1.54) is 0 Å². The maximum atomic E-state index is 12.2. The van der Waals surface area contributed by atoms with Crippen LogP contribution in [0.15, 0.2) is 57.7 Å². The van der Waals surface area contributed by atoms with Crippen molar-refractivity contribution in [1.29, 1.82) is 0 Å². The van der Waals surface area contributed by atoms with Crippen LogP contribution in [0.1, 0.15) is 21.5 Å². The van der Waals surface area contributed by atoms with E-state index in [4.69, 9.17) is 16.0 Å². The van der Waals surface area contributed by atoms with Crippen LogP contribution < -0.4 is 10.9 Å². The standard InChI is InChI=1S/C18H14ClNO3/c1-11-3-2-4-13-9-15(18(22)23-16(11)13)17(21)20-10-12-5-7-14(19)8-6-12/h2-9H,10H2,1H3,(H,20,21). The van der Waals surface area contributed by atoms with Crippen molar-refractivity contribution in [2.45, 2.75) is 13.5 Å². The first-order chi connectivity index (χ1) is 11.0. The number of para-hydroxylation sites is 1. The first kappa shape index (κ1) is 15.3. The number of hydrogen-bond acceptors (Lipinski definition) is 3. The number of hydrogen-bond donors (Lipinski definition) is 1. The first-order valence-electron chi connectivity index (χ1n) is 7.11. The van der Waals surface area contributed by atoms with Gasteiger partial charge in [0.15, 0.2) is 0 Å². The van der Waals surface area contributed by atoms with E-state index in [-0.39, 0.29) is 5.56 Å². The quantitative estimate of drug-likeness (QED) is 0.746. The van der Waals surface area contributed by atoms with Crippen LogP contribution in [0, 0.1) is 6.92 Å². The molecule has 0 fully saturated rings. The van der Waals surface area contributed by atoms with Crippen LogP contribution in [-0.4, -0.2) is 5.91 Å². The monoisotopic (exact) mass is 327 g/mol. The fourth-order valence-electron chi connectivity index (χ4n) is 2.33. The van der Waals surface area contributed by atoms with Crippen LogP contribution in [0.25, 0.3) is 11.0 Å². The third kappa shape index (κ3) is 3.27. The summed E-state index contributed by atoms with van der Waals surface area (Å²) in [5.41, 5.74) is 1.61. The van der Waals surface area contributed by atoms with Crippen molar-refractivity contribution in [2.24, 2.45) is 0 Å². The van der Waals surface area contributed by atoms with Crippen molar-refractivity contribution < 1.29 is 9.21 Å². The van der Waals surface area contributed by atoms with Gasteiger partial charge < -0.3 is 9.73 Å². The van der Waals surface area contributed by atoms with E-state index in [0.717, 1.165) is 16.5 Å². The number of carbonyl (C=O) groups is 1. The van der Waals surface area contributed by atoms with Crippen molar-refractivity contribution in [2.75, 3.05) is 0 Å². The Kier molecular flexibility index (Phi) is 4.17. The van der Waals surface area contributed by atoms with Crippen molar-refractivity contribution in [1.82, 2.24) is 5.32 Å². The van der Waals surface area contributed by atoms with Crippen molar-refractivity contribution >= 4 is 28.5 Å². The highest BCUT2D eigenvalue weighted by Gasteiger charge is 2.14. The number of nitrogens with one attached hydrogen (secondary N) is 1. The molecule has 0 saturated heterocycles. The Morgan fingerprint density at radius 1 is 1.17 bits per heavy atom. The maximum Gasteiger partial charge on any atom is 0.349 e. The summed E-state index contributed by atoms with van der Waals surface area (Å²) in [6.45, 7) is 2.16.